The van der Waals surface area contributed by atoms with Crippen molar-refractivity contribution >= 4 is 22.5 Å². The number of hydrogen-bond acceptors (Lipinski definition) is 5. The van der Waals surface area contributed by atoms with Gasteiger partial charge in [-0.25, -0.2) is 8.42 Å². The molecular formula is C7H15ClNNaO4S. The first-order valence-electron chi connectivity index (χ1n) is 4.31. The molecule has 1 aliphatic rings. The third kappa shape index (κ3) is 10.0. The molecule has 1 rings (SSSR count). The van der Waals surface area contributed by atoms with Crippen LogP contribution in [0, 0.1) is 0 Å². The van der Waals surface area contributed by atoms with E-state index >= 15 is 0 Å². The Hall–Kier alpha value is 1.12. The first-order chi connectivity index (χ1) is 6.08. The Balaban J connectivity index is 0. The van der Waals surface area contributed by atoms with Crippen molar-refractivity contribution in [2.24, 2.45) is 0 Å². The first kappa shape index (κ1) is 18.5. The molecule has 0 N–H and O–H groups in total. The van der Waals surface area contributed by atoms with Crippen molar-refractivity contribution in [3.63, 3.8) is 0 Å². The normalized spacial score (nSPS) is 17.7. The van der Waals surface area contributed by atoms with Crippen molar-refractivity contribution in [2.75, 3.05) is 38.6 Å². The van der Waals surface area contributed by atoms with Gasteiger partial charge in [0.15, 0.2) is 0 Å². The molecular weight excluding hydrogens is 253 g/mol. The Morgan fingerprint density at radius 3 is 2.27 bits per heavy atom. The molecule has 1 heterocycles. The molecule has 15 heavy (non-hydrogen) atoms. The second kappa shape index (κ2) is 9.18. The Morgan fingerprint density at radius 2 is 1.80 bits per heavy atom. The van der Waals surface area contributed by atoms with Crippen LogP contribution in [0.1, 0.15) is 6.42 Å². The maximum Gasteiger partial charge on any atom is 1.00 e. The Kier molecular flexibility index (Phi) is 11.3. The van der Waals surface area contributed by atoms with Crippen LogP contribution in [-0.2, 0) is 14.9 Å². The van der Waals surface area contributed by atoms with Crippen LogP contribution in [0.15, 0.2) is 0 Å². The van der Waals surface area contributed by atoms with Crippen LogP contribution in [0.5, 0.6) is 0 Å². The van der Waals surface area contributed by atoms with Crippen LogP contribution in [0.4, 0.5) is 0 Å². The number of nitrogens with zero attached hydrogens (tertiary/aromatic N) is 1. The third-order valence-corrected chi connectivity index (χ3v) is 2.76. The van der Waals surface area contributed by atoms with Crippen molar-refractivity contribution in [1.82, 2.24) is 4.90 Å². The molecule has 1 saturated heterocycles. The molecule has 0 unspecified atom stereocenters. The van der Waals surface area contributed by atoms with E-state index in [1.54, 1.807) is 0 Å². The van der Waals surface area contributed by atoms with Gasteiger partial charge in [-0.15, -0.1) is 12.4 Å². The molecule has 86 valence electrons. The second-order valence-corrected chi connectivity index (χ2v) is 4.59. The van der Waals surface area contributed by atoms with Gasteiger partial charge in [-0.3, -0.25) is 4.90 Å². The van der Waals surface area contributed by atoms with Crippen LogP contribution >= 0.6 is 12.4 Å². The van der Waals surface area contributed by atoms with Gasteiger partial charge in [-0.1, -0.05) is 0 Å². The van der Waals surface area contributed by atoms with Gasteiger partial charge in [0.1, 0.15) is 0 Å². The molecule has 1 aliphatic heterocycles. The SMILES string of the molecule is Cl.O=S(=O)([O-])CCCN1CCOCC1.[Na+]. The van der Waals surface area contributed by atoms with Crippen LogP contribution < -0.4 is 29.6 Å². The smallest absolute Gasteiger partial charge is 0.748 e. The summed E-state index contributed by atoms with van der Waals surface area (Å²) < 4.78 is 35.9. The van der Waals surface area contributed by atoms with E-state index in [4.69, 9.17) is 4.74 Å². The molecule has 0 aliphatic carbocycles. The largest absolute Gasteiger partial charge is 1.00 e. The molecule has 1 fully saturated rings. The first-order valence-corrected chi connectivity index (χ1v) is 5.89. The molecule has 5 nitrogen and oxygen atoms in total. The fourth-order valence-corrected chi connectivity index (χ4v) is 1.77. The van der Waals surface area contributed by atoms with Crippen molar-refractivity contribution < 1.29 is 47.3 Å². The average Bonchev–Trinajstić information content (AvgIpc) is 2.04. The van der Waals surface area contributed by atoms with E-state index in [1.165, 1.54) is 0 Å². The van der Waals surface area contributed by atoms with Crippen molar-refractivity contribution in [1.29, 1.82) is 0 Å². The van der Waals surface area contributed by atoms with Gasteiger partial charge in [0.05, 0.1) is 23.3 Å². The molecule has 0 aromatic rings. The van der Waals surface area contributed by atoms with E-state index in [-0.39, 0.29) is 47.7 Å². The molecule has 0 radical (unpaired) electrons. The summed E-state index contributed by atoms with van der Waals surface area (Å²) in [7, 11) is -4.03. The zero-order valence-electron chi connectivity index (χ0n) is 8.85. The van der Waals surface area contributed by atoms with Crippen LogP contribution in [-0.4, -0.2) is 56.5 Å². The van der Waals surface area contributed by atoms with Gasteiger partial charge >= 0.3 is 29.6 Å². The maximum absolute atomic E-state index is 10.3. The minimum absolute atomic E-state index is 0. The van der Waals surface area contributed by atoms with Gasteiger partial charge in [-0.05, 0) is 13.0 Å². The molecule has 0 atom stereocenters. The molecule has 8 heteroatoms. The summed E-state index contributed by atoms with van der Waals surface area (Å²) in [4.78, 5) is 2.11. The van der Waals surface area contributed by atoms with E-state index < -0.39 is 10.1 Å². The molecule has 0 bridgehead atoms. The number of hydrogen-bond donors (Lipinski definition) is 0. The molecule has 0 aromatic heterocycles. The van der Waals surface area contributed by atoms with Gasteiger partial charge in [-0.2, -0.15) is 0 Å². The Bertz CT molecular complexity index is 243. The third-order valence-electron chi connectivity index (χ3n) is 1.97. The van der Waals surface area contributed by atoms with E-state index in [9.17, 15) is 13.0 Å². The number of ether oxygens (including phenoxy) is 1. The monoisotopic (exact) mass is 267 g/mol. The van der Waals surface area contributed by atoms with Gasteiger partial charge in [0.25, 0.3) is 0 Å². The van der Waals surface area contributed by atoms with Crippen LogP contribution in [0.2, 0.25) is 0 Å². The Morgan fingerprint density at radius 1 is 1.27 bits per heavy atom. The summed E-state index contributed by atoms with van der Waals surface area (Å²) in [5.74, 6) is -0.260. The fraction of sp³-hybridized carbons (Fsp3) is 1.00. The maximum atomic E-state index is 10.3. The fourth-order valence-electron chi connectivity index (χ4n) is 1.29. The predicted octanol–water partition coefficient (Wildman–Crippen LogP) is -3.32. The number of halogens is 1. The standard InChI is InChI=1S/C7H15NO4S.ClH.Na/c9-13(10,11)7-1-2-8-3-5-12-6-4-8;;/h1-7H2,(H,9,10,11);1H;/q;;+1/p-1. The summed E-state index contributed by atoms with van der Waals surface area (Å²) in [5, 5.41) is 0. The van der Waals surface area contributed by atoms with E-state index in [0.717, 1.165) is 13.1 Å². The summed E-state index contributed by atoms with van der Waals surface area (Å²) in [6, 6.07) is 0. The molecule has 0 aromatic carbocycles. The van der Waals surface area contributed by atoms with Crippen LogP contribution in [0.25, 0.3) is 0 Å². The van der Waals surface area contributed by atoms with Crippen LogP contribution in [0.3, 0.4) is 0 Å². The van der Waals surface area contributed by atoms with E-state index in [2.05, 4.69) is 4.90 Å². The molecule has 0 amide bonds. The quantitative estimate of drug-likeness (QED) is 0.394. The van der Waals surface area contributed by atoms with Gasteiger partial charge in [0.2, 0.25) is 0 Å². The second-order valence-electron chi connectivity index (χ2n) is 3.07. The summed E-state index contributed by atoms with van der Waals surface area (Å²) in [6.07, 6.45) is 0.422. The van der Waals surface area contributed by atoms with Gasteiger partial charge < -0.3 is 9.29 Å². The zero-order chi connectivity index (χ0) is 9.73. The summed E-state index contributed by atoms with van der Waals surface area (Å²) >= 11 is 0. The van der Waals surface area contributed by atoms with Crippen molar-refractivity contribution in [3.8, 4) is 0 Å². The topological polar surface area (TPSA) is 69.7 Å². The zero-order valence-corrected chi connectivity index (χ0v) is 12.5. The van der Waals surface area contributed by atoms with Crippen molar-refractivity contribution in [3.05, 3.63) is 0 Å². The predicted molar refractivity (Wildman–Crippen MR) is 53.7 cm³/mol. The minimum atomic E-state index is -4.03. The number of rotatable bonds is 4. The molecule has 0 saturated carbocycles. The minimum Gasteiger partial charge on any atom is -0.748 e. The summed E-state index contributed by atoms with van der Waals surface area (Å²) in [5.41, 5.74) is 0. The average molecular weight is 268 g/mol. The summed E-state index contributed by atoms with van der Waals surface area (Å²) in [6.45, 7) is 3.73. The van der Waals surface area contributed by atoms with E-state index in [0.29, 0.717) is 26.2 Å². The number of morpholine rings is 1. The van der Waals surface area contributed by atoms with E-state index in [1.807, 2.05) is 0 Å². The van der Waals surface area contributed by atoms with Gasteiger partial charge in [0, 0.05) is 18.8 Å². The Labute approximate surface area is 119 Å². The van der Waals surface area contributed by atoms with Crippen molar-refractivity contribution in [2.45, 2.75) is 6.42 Å². The molecule has 0 spiro atoms.